The van der Waals surface area contributed by atoms with E-state index in [4.69, 9.17) is 0 Å². The van der Waals surface area contributed by atoms with Gasteiger partial charge in [0.1, 0.15) is 0 Å². The Bertz CT molecular complexity index is 863. The predicted octanol–water partition coefficient (Wildman–Crippen LogP) is 2.88. The summed E-state index contributed by atoms with van der Waals surface area (Å²) in [6.07, 6.45) is 3.60. The molecule has 1 saturated heterocycles. The van der Waals surface area contributed by atoms with Gasteiger partial charge in [-0.1, -0.05) is 42.5 Å². The predicted molar refractivity (Wildman–Crippen MR) is 99.6 cm³/mol. The molecule has 1 aliphatic rings. The SMILES string of the molecule is O=C1N(c2ccc(-c3cn[nH]c3)cc2)CC(CO)N1Cc1ccccc1. The van der Waals surface area contributed by atoms with Gasteiger partial charge in [0.05, 0.1) is 25.4 Å². The molecule has 2 heterocycles. The van der Waals surface area contributed by atoms with E-state index in [-0.39, 0.29) is 18.7 Å². The van der Waals surface area contributed by atoms with Gasteiger partial charge in [-0.15, -0.1) is 0 Å². The first-order valence-electron chi connectivity index (χ1n) is 8.58. The van der Waals surface area contributed by atoms with Crippen molar-refractivity contribution in [2.75, 3.05) is 18.1 Å². The zero-order chi connectivity index (χ0) is 17.9. The molecule has 1 unspecified atom stereocenters. The van der Waals surface area contributed by atoms with Crippen molar-refractivity contribution in [3.8, 4) is 11.1 Å². The molecule has 0 radical (unpaired) electrons. The minimum Gasteiger partial charge on any atom is -0.394 e. The Hall–Kier alpha value is -3.12. The molecule has 6 nitrogen and oxygen atoms in total. The van der Waals surface area contributed by atoms with E-state index in [1.807, 2.05) is 60.8 Å². The second kappa shape index (κ2) is 7.01. The van der Waals surface area contributed by atoms with Crippen LogP contribution in [0.15, 0.2) is 67.0 Å². The van der Waals surface area contributed by atoms with Gasteiger partial charge in [0, 0.05) is 24.0 Å². The number of carbonyl (C=O) groups excluding carboxylic acids is 1. The first-order valence-corrected chi connectivity index (χ1v) is 8.58. The average molecular weight is 348 g/mol. The van der Waals surface area contributed by atoms with Gasteiger partial charge in [-0.25, -0.2) is 4.79 Å². The van der Waals surface area contributed by atoms with Crippen molar-refractivity contribution in [2.24, 2.45) is 0 Å². The molecule has 0 spiro atoms. The molecule has 2 N–H and O–H groups in total. The third kappa shape index (κ3) is 3.07. The van der Waals surface area contributed by atoms with E-state index in [9.17, 15) is 9.90 Å². The Morgan fingerprint density at radius 3 is 2.50 bits per heavy atom. The number of aromatic nitrogens is 2. The molecular formula is C20H20N4O2. The maximum Gasteiger partial charge on any atom is 0.325 e. The number of benzene rings is 2. The Balaban J connectivity index is 1.54. The fraction of sp³-hybridized carbons (Fsp3) is 0.200. The van der Waals surface area contributed by atoms with Gasteiger partial charge in [-0.3, -0.25) is 10.00 Å². The molecule has 4 rings (SSSR count). The van der Waals surface area contributed by atoms with E-state index < -0.39 is 0 Å². The fourth-order valence-electron chi connectivity index (χ4n) is 3.29. The van der Waals surface area contributed by atoms with Crippen LogP contribution in [0.1, 0.15) is 5.56 Å². The van der Waals surface area contributed by atoms with E-state index in [0.29, 0.717) is 13.1 Å². The van der Waals surface area contributed by atoms with Crippen molar-refractivity contribution in [2.45, 2.75) is 12.6 Å². The number of anilines is 1. The normalized spacial score (nSPS) is 17.1. The molecule has 0 saturated carbocycles. The number of aliphatic hydroxyl groups is 1. The van der Waals surface area contributed by atoms with Crippen LogP contribution in [0.5, 0.6) is 0 Å². The van der Waals surface area contributed by atoms with Crippen molar-refractivity contribution in [1.82, 2.24) is 15.1 Å². The molecular weight excluding hydrogens is 328 g/mol. The smallest absolute Gasteiger partial charge is 0.325 e. The Labute approximate surface area is 151 Å². The average Bonchev–Trinajstić information content (AvgIpc) is 3.32. The number of H-pyrrole nitrogens is 1. The standard InChI is InChI=1S/C20H20N4O2/c25-14-19-13-24(20(26)23(19)12-15-4-2-1-3-5-15)18-8-6-16(7-9-18)17-10-21-22-11-17/h1-11,19,25H,12-14H2,(H,21,22). The van der Waals surface area contributed by atoms with E-state index >= 15 is 0 Å². The number of urea groups is 1. The number of hydrogen-bond donors (Lipinski definition) is 2. The quantitative estimate of drug-likeness (QED) is 0.745. The summed E-state index contributed by atoms with van der Waals surface area (Å²) in [5, 5.41) is 16.5. The van der Waals surface area contributed by atoms with Crippen LogP contribution in [-0.4, -0.2) is 45.4 Å². The monoisotopic (exact) mass is 348 g/mol. The number of rotatable bonds is 5. The molecule has 1 aromatic heterocycles. The van der Waals surface area contributed by atoms with Crippen molar-refractivity contribution in [3.63, 3.8) is 0 Å². The van der Waals surface area contributed by atoms with Crippen LogP contribution < -0.4 is 4.90 Å². The van der Waals surface area contributed by atoms with Crippen molar-refractivity contribution >= 4 is 11.7 Å². The maximum atomic E-state index is 12.9. The largest absolute Gasteiger partial charge is 0.394 e. The van der Waals surface area contributed by atoms with Crippen LogP contribution in [-0.2, 0) is 6.54 Å². The van der Waals surface area contributed by atoms with Gasteiger partial charge >= 0.3 is 6.03 Å². The van der Waals surface area contributed by atoms with Gasteiger partial charge in [0.25, 0.3) is 0 Å². The van der Waals surface area contributed by atoms with E-state index in [2.05, 4.69) is 10.2 Å². The third-order valence-corrected chi connectivity index (χ3v) is 4.73. The number of nitrogens with zero attached hydrogens (tertiary/aromatic N) is 3. The van der Waals surface area contributed by atoms with Gasteiger partial charge in [0.15, 0.2) is 0 Å². The van der Waals surface area contributed by atoms with Crippen LogP contribution in [0.2, 0.25) is 0 Å². The molecule has 6 heteroatoms. The summed E-state index contributed by atoms with van der Waals surface area (Å²) < 4.78 is 0. The van der Waals surface area contributed by atoms with Crippen LogP contribution in [0.3, 0.4) is 0 Å². The van der Waals surface area contributed by atoms with E-state index in [1.54, 1.807) is 16.0 Å². The number of carbonyl (C=O) groups is 1. The number of amides is 2. The summed E-state index contributed by atoms with van der Waals surface area (Å²) in [5.74, 6) is 0. The van der Waals surface area contributed by atoms with Crippen molar-refractivity contribution < 1.29 is 9.90 Å². The molecule has 26 heavy (non-hydrogen) atoms. The molecule has 1 fully saturated rings. The Morgan fingerprint density at radius 2 is 1.85 bits per heavy atom. The van der Waals surface area contributed by atoms with Crippen LogP contribution in [0, 0.1) is 0 Å². The minimum atomic E-state index is -0.212. The lowest BCUT2D eigenvalue weighted by molar-refractivity contribution is 0.162. The maximum absolute atomic E-state index is 12.9. The summed E-state index contributed by atoms with van der Waals surface area (Å²) in [5.41, 5.74) is 3.92. The van der Waals surface area contributed by atoms with Crippen molar-refractivity contribution in [1.29, 1.82) is 0 Å². The summed E-state index contributed by atoms with van der Waals surface area (Å²) in [7, 11) is 0. The highest BCUT2D eigenvalue weighted by Crippen LogP contribution is 2.28. The summed E-state index contributed by atoms with van der Waals surface area (Å²) in [6.45, 7) is 0.921. The highest BCUT2D eigenvalue weighted by Gasteiger charge is 2.37. The Kier molecular flexibility index (Phi) is 4.41. The van der Waals surface area contributed by atoms with Crippen LogP contribution in [0.4, 0.5) is 10.5 Å². The molecule has 2 amide bonds. The first kappa shape index (κ1) is 16.4. The van der Waals surface area contributed by atoms with Crippen LogP contribution in [0.25, 0.3) is 11.1 Å². The lowest BCUT2D eigenvalue weighted by Gasteiger charge is -2.22. The molecule has 132 valence electrons. The molecule has 2 aromatic carbocycles. The highest BCUT2D eigenvalue weighted by atomic mass is 16.3. The Morgan fingerprint density at radius 1 is 1.08 bits per heavy atom. The molecule has 0 aliphatic carbocycles. The van der Waals surface area contributed by atoms with Crippen molar-refractivity contribution in [3.05, 3.63) is 72.6 Å². The second-order valence-corrected chi connectivity index (χ2v) is 6.38. The van der Waals surface area contributed by atoms with Gasteiger partial charge < -0.3 is 10.0 Å². The second-order valence-electron chi connectivity index (χ2n) is 6.38. The zero-order valence-electron chi connectivity index (χ0n) is 14.2. The van der Waals surface area contributed by atoms with Crippen LogP contribution >= 0.6 is 0 Å². The summed E-state index contributed by atoms with van der Waals surface area (Å²) >= 11 is 0. The minimum absolute atomic E-state index is 0.0534. The van der Waals surface area contributed by atoms with Gasteiger partial charge in [0.2, 0.25) is 0 Å². The summed E-state index contributed by atoms with van der Waals surface area (Å²) in [6, 6.07) is 17.4. The fourth-order valence-corrected chi connectivity index (χ4v) is 3.29. The van der Waals surface area contributed by atoms with E-state index in [0.717, 1.165) is 22.4 Å². The van der Waals surface area contributed by atoms with E-state index in [1.165, 1.54) is 0 Å². The molecule has 3 aromatic rings. The lowest BCUT2D eigenvalue weighted by Crippen LogP contribution is -2.36. The number of aliphatic hydroxyl groups excluding tert-OH is 1. The first-order chi connectivity index (χ1) is 12.8. The summed E-state index contributed by atoms with van der Waals surface area (Å²) in [4.78, 5) is 16.4. The van der Waals surface area contributed by atoms with Gasteiger partial charge in [-0.2, -0.15) is 5.10 Å². The highest BCUT2D eigenvalue weighted by molar-refractivity contribution is 5.95. The molecule has 1 aliphatic heterocycles. The number of aromatic amines is 1. The number of hydrogen-bond acceptors (Lipinski definition) is 3. The third-order valence-electron chi connectivity index (χ3n) is 4.73. The lowest BCUT2D eigenvalue weighted by atomic mass is 10.1. The zero-order valence-corrected chi connectivity index (χ0v) is 14.2. The molecule has 0 bridgehead atoms. The topological polar surface area (TPSA) is 72.5 Å². The number of nitrogens with one attached hydrogen (secondary N) is 1. The van der Waals surface area contributed by atoms with Gasteiger partial charge in [-0.05, 0) is 23.3 Å². The molecule has 1 atom stereocenters.